The zero-order valence-corrected chi connectivity index (χ0v) is 11.0. The van der Waals surface area contributed by atoms with Crippen molar-refractivity contribution in [3.63, 3.8) is 0 Å². The topological polar surface area (TPSA) is 43.5 Å². The lowest BCUT2D eigenvalue weighted by atomic mass is 10.0. The summed E-state index contributed by atoms with van der Waals surface area (Å²) >= 11 is 0. The molecular formula is C15H20N2O. The van der Waals surface area contributed by atoms with Crippen molar-refractivity contribution in [2.75, 3.05) is 6.61 Å². The zero-order valence-electron chi connectivity index (χ0n) is 11.0. The first-order valence-corrected chi connectivity index (χ1v) is 6.60. The number of ether oxygens (including phenoxy) is 1. The number of hydrogen-bond acceptors (Lipinski definition) is 2. The molecule has 2 aromatic rings. The number of nitrogens with zero attached hydrogens (tertiary/aromatic N) is 1. The van der Waals surface area contributed by atoms with Gasteiger partial charge in [-0.05, 0) is 31.9 Å². The molecule has 3 nitrogen and oxygen atoms in total. The Balaban J connectivity index is 2.11. The van der Waals surface area contributed by atoms with Gasteiger partial charge in [-0.25, -0.2) is 0 Å². The molecule has 0 bridgehead atoms. The number of nitrogens with two attached hydrogens (primary N) is 1. The van der Waals surface area contributed by atoms with Crippen LogP contribution in [0.4, 0.5) is 0 Å². The maximum Gasteiger partial charge on any atom is 0.0988 e. The highest BCUT2D eigenvalue weighted by molar-refractivity contribution is 5.85. The fraction of sp³-hybridized carbons (Fsp3) is 0.467. The van der Waals surface area contributed by atoms with Crippen molar-refractivity contribution in [3.8, 4) is 0 Å². The van der Waals surface area contributed by atoms with Crippen LogP contribution in [0.25, 0.3) is 10.9 Å². The average molecular weight is 244 g/mol. The summed E-state index contributed by atoms with van der Waals surface area (Å²) in [5.41, 5.74) is 10.0. The first kappa shape index (κ1) is 11.8. The molecule has 1 aromatic carbocycles. The van der Waals surface area contributed by atoms with Gasteiger partial charge in [0.2, 0.25) is 0 Å². The molecule has 0 spiro atoms. The highest BCUT2D eigenvalue weighted by atomic mass is 16.6. The van der Waals surface area contributed by atoms with E-state index in [9.17, 15) is 0 Å². The van der Waals surface area contributed by atoms with Crippen LogP contribution in [0.2, 0.25) is 0 Å². The summed E-state index contributed by atoms with van der Waals surface area (Å²) in [5.74, 6) is 0. The van der Waals surface area contributed by atoms with Crippen LogP contribution >= 0.6 is 0 Å². The van der Waals surface area contributed by atoms with Crippen molar-refractivity contribution in [2.24, 2.45) is 5.73 Å². The van der Waals surface area contributed by atoms with E-state index in [4.69, 9.17) is 10.5 Å². The van der Waals surface area contributed by atoms with E-state index in [1.165, 1.54) is 22.2 Å². The lowest BCUT2D eigenvalue weighted by molar-refractivity contribution is 0.384. The van der Waals surface area contributed by atoms with E-state index < -0.39 is 0 Å². The molecule has 0 aliphatic carbocycles. The maximum absolute atomic E-state index is 5.97. The van der Waals surface area contributed by atoms with Gasteiger partial charge in [0, 0.05) is 22.6 Å². The predicted molar refractivity (Wildman–Crippen MR) is 73.8 cm³/mol. The van der Waals surface area contributed by atoms with Crippen LogP contribution in [0, 0.1) is 6.92 Å². The lowest BCUT2D eigenvalue weighted by Gasteiger charge is -2.08. The third-order valence-electron chi connectivity index (χ3n) is 3.68. The Morgan fingerprint density at radius 3 is 2.83 bits per heavy atom. The predicted octanol–water partition coefficient (Wildman–Crippen LogP) is 2.24. The summed E-state index contributed by atoms with van der Waals surface area (Å²) in [6.07, 6.45) is 1.34. The molecule has 1 saturated heterocycles. The smallest absolute Gasteiger partial charge is 0.0988 e. The summed E-state index contributed by atoms with van der Waals surface area (Å²) in [7, 11) is 0. The number of hydrogen-bond donors (Lipinski definition) is 1. The van der Waals surface area contributed by atoms with Gasteiger partial charge in [0.15, 0.2) is 0 Å². The Morgan fingerprint density at radius 1 is 1.44 bits per heavy atom. The summed E-state index contributed by atoms with van der Waals surface area (Å²) in [5, 5.41) is 1.34. The van der Waals surface area contributed by atoms with Gasteiger partial charge in [0.05, 0.1) is 19.3 Å². The fourth-order valence-corrected chi connectivity index (χ4v) is 2.69. The minimum atomic E-state index is 0.195. The van der Waals surface area contributed by atoms with Gasteiger partial charge in [-0.15, -0.1) is 0 Å². The van der Waals surface area contributed by atoms with Crippen LogP contribution in [-0.4, -0.2) is 23.3 Å². The van der Waals surface area contributed by atoms with E-state index in [0.29, 0.717) is 6.10 Å². The Bertz CT molecular complexity index is 526. The first-order valence-electron chi connectivity index (χ1n) is 6.60. The van der Waals surface area contributed by atoms with Gasteiger partial charge in [0.1, 0.15) is 0 Å². The van der Waals surface area contributed by atoms with Gasteiger partial charge in [0.25, 0.3) is 0 Å². The fourth-order valence-electron chi connectivity index (χ4n) is 2.69. The molecule has 3 heteroatoms. The molecule has 0 saturated carbocycles. The van der Waals surface area contributed by atoms with Crippen LogP contribution in [0.15, 0.2) is 24.3 Å². The monoisotopic (exact) mass is 244 g/mol. The van der Waals surface area contributed by atoms with Crippen LogP contribution in [0.5, 0.6) is 0 Å². The average Bonchev–Trinajstić information content (AvgIpc) is 3.12. The molecule has 1 aliphatic rings. The molecule has 2 N–H and O–H groups in total. The Kier molecular flexibility index (Phi) is 2.88. The molecule has 2 heterocycles. The molecule has 1 aromatic heterocycles. The molecule has 1 aliphatic heterocycles. The van der Waals surface area contributed by atoms with E-state index in [2.05, 4.69) is 42.7 Å². The van der Waals surface area contributed by atoms with Crippen molar-refractivity contribution in [3.05, 3.63) is 35.5 Å². The number of rotatable bonds is 4. The van der Waals surface area contributed by atoms with Crippen LogP contribution < -0.4 is 5.73 Å². The number of fused-ring (bicyclic) bond motifs is 1. The van der Waals surface area contributed by atoms with E-state index in [0.717, 1.165) is 19.6 Å². The van der Waals surface area contributed by atoms with Crippen molar-refractivity contribution in [2.45, 2.75) is 39.0 Å². The van der Waals surface area contributed by atoms with Crippen molar-refractivity contribution in [1.29, 1.82) is 0 Å². The molecule has 0 amide bonds. The molecule has 1 fully saturated rings. The standard InChI is InChI=1S/C15H20N2O/c1-10(16)7-14-11(2)17(8-12-9-18-12)15-6-4-3-5-13(14)15/h3-6,10,12H,7-9,16H2,1-2H3. The summed E-state index contributed by atoms with van der Waals surface area (Å²) in [6.45, 7) is 6.12. The highest BCUT2D eigenvalue weighted by Gasteiger charge is 2.25. The summed E-state index contributed by atoms with van der Waals surface area (Å²) < 4.78 is 7.74. The normalized spacial score (nSPS) is 20.3. The molecule has 18 heavy (non-hydrogen) atoms. The van der Waals surface area contributed by atoms with E-state index in [-0.39, 0.29) is 6.04 Å². The third kappa shape index (κ3) is 2.04. The van der Waals surface area contributed by atoms with Crippen LogP contribution in [-0.2, 0) is 17.7 Å². The van der Waals surface area contributed by atoms with E-state index in [1.807, 2.05) is 0 Å². The number of benzene rings is 1. The second kappa shape index (κ2) is 4.41. The minimum Gasteiger partial charge on any atom is -0.371 e. The third-order valence-corrected chi connectivity index (χ3v) is 3.68. The van der Waals surface area contributed by atoms with Crippen LogP contribution in [0.1, 0.15) is 18.2 Å². The van der Waals surface area contributed by atoms with Crippen molar-refractivity contribution in [1.82, 2.24) is 4.57 Å². The number of aromatic nitrogens is 1. The van der Waals surface area contributed by atoms with Crippen molar-refractivity contribution >= 4 is 10.9 Å². The van der Waals surface area contributed by atoms with Gasteiger partial charge >= 0.3 is 0 Å². The van der Waals surface area contributed by atoms with E-state index >= 15 is 0 Å². The Labute approximate surface area is 108 Å². The molecule has 2 atom stereocenters. The quantitative estimate of drug-likeness (QED) is 0.838. The van der Waals surface area contributed by atoms with Crippen molar-refractivity contribution < 1.29 is 4.74 Å². The minimum absolute atomic E-state index is 0.195. The molecule has 96 valence electrons. The Hall–Kier alpha value is -1.32. The SMILES string of the molecule is Cc1c(CC(C)N)c2ccccc2n1CC1CO1. The number of para-hydroxylation sites is 1. The second-order valence-corrected chi connectivity index (χ2v) is 5.33. The summed E-state index contributed by atoms with van der Waals surface area (Å²) in [6, 6.07) is 8.78. The lowest BCUT2D eigenvalue weighted by Crippen LogP contribution is -2.18. The van der Waals surface area contributed by atoms with Gasteiger partial charge < -0.3 is 15.0 Å². The molecule has 0 radical (unpaired) electrons. The second-order valence-electron chi connectivity index (χ2n) is 5.33. The highest BCUT2D eigenvalue weighted by Crippen LogP contribution is 2.28. The van der Waals surface area contributed by atoms with Gasteiger partial charge in [-0.3, -0.25) is 0 Å². The van der Waals surface area contributed by atoms with E-state index in [1.54, 1.807) is 0 Å². The first-order chi connectivity index (χ1) is 8.66. The zero-order chi connectivity index (χ0) is 12.7. The molecular weight excluding hydrogens is 224 g/mol. The summed E-state index contributed by atoms with van der Waals surface area (Å²) in [4.78, 5) is 0. The van der Waals surface area contributed by atoms with Gasteiger partial charge in [-0.2, -0.15) is 0 Å². The Morgan fingerprint density at radius 2 is 2.17 bits per heavy atom. The largest absolute Gasteiger partial charge is 0.371 e. The van der Waals surface area contributed by atoms with Crippen LogP contribution in [0.3, 0.4) is 0 Å². The maximum atomic E-state index is 5.97. The number of epoxide rings is 1. The molecule has 3 rings (SSSR count). The van der Waals surface area contributed by atoms with Gasteiger partial charge in [-0.1, -0.05) is 18.2 Å². The molecule has 2 unspecified atom stereocenters.